The minimum atomic E-state index is -0.470. The summed E-state index contributed by atoms with van der Waals surface area (Å²) in [7, 11) is 3.44. The van der Waals surface area contributed by atoms with Crippen LogP contribution in [0.4, 0.5) is 0 Å². The number of likely N-dealkylation sites (N-methyl/N-ethyl adjacent to an activating group) is 1. The van der Waals surface area contributed by atoms with E-state index in [1.807, 2.05) is 24.3 Å². The molecule has 7 nitrogen and oxygen atoms in total. The number of carbonyl (C=O) groups excluding carboxylic acids is 2. The van der Waals surface area contributed by atoms with Crippen LogP contribution in [0.25, 0.3) is 0 Å². The van der Waals surface area contributed by atoms with E-state index in [9.17, 15) is 9.59 Å². The van der Waals surface area contributed by atoms with Crippen LogP contribution in [0.3, 0.4) is 0 Å². The molecule has 2 aromatic carbocycles. The van der Waals surface area contributed by atoms with Crippen molar-refractivity contribution in [3.63, 3.8) is 0 Å². The first kappa shape index (κ1) is 22.8. The monoisotopic (exact) mass is 426 g/mol. The van der Waals surface area contributed by atoms with Gasteiger partial charge in [0.25, 0.3) is 5.91 Å². The van der Waals surface area contributed by atoms with Crippen molar-refractivity contribution in [3.05, 3.63) is 65.2 Å². The number of benzene rings is 2. The Morgan fingerprint density at radius 1 is 1.10 bits per heavy atom. The lowest BCUT2D eigenvalue weighted by Crippen LogP contribution is -2.38. The van der Waals surface area contributed by atoms with Gasteiger partial charge in [0.2, 0.25) is 0 Å². The molecule has 7 heteroatoms. The van der Waals surface area contributed by atoms with E-state index < -0.39 is 5.97 Å². The van der Waals surface area contributed by atoms with Crippen molar-refractivity contribution in [2.24, 2.45) is 0 Å². The number of rotatable bonds is 9. The summed E-state index contributed by atoms with van der Waals surface area (Å²) in [5, 5.41) is 2.88. The molecule has 1 heterocycles. The lowest BCUT2D eigenvalue weighted by molar-refractivity contribution is 0.0392. The highest BCUT2D eigenvalue weighted by Crippen LogP contribution is 2.15. The maximum absolute atomic E-state index is 12.5. The van der Waals surface area contributed by atoms with Gasteiger partial charge in [-0.3, -0.25) is 9.69 Å². The summed E-state index contributed by atoms with van der Waals surface area (Å²) >= 11 is 0. The zero-order valence-corrected chi connectivity index (χ0v) is 18.1. The molecule has 1 aliphatic rings. The molecule has 1 aliphatic heterocycles. The normalized spacial score (nSPS) is 14.3. The summed E-state index contributed by atoms with van der Waals surface area (Å²) in [6.45, 7) is 3.47. The van der Waals surface area contributed by atoms with E-state index in [1.54, 1.807) is 18.2 Å². The number of nitrogens with zero attached hydrogens (tertiary/aromatic N) is 1. The Hall–Kier alpha value is -2.90. The third kappa shape index (κ3) is 6.80. The van der Waals surface area contributed by atoms with Crippen LogP contribution in [0.1, 0.15) is 39.1 Å². The van der Waals surface area contributed by atoms with Gasteiger partial charge in [-0.05, 0) is 55.8 Å². The number of hydrogen-bond donors (Lipinski definition) is 1. The van der Waals surface area contributed by atoms with Crippen molar-refractivity contribution in [2.75, 3.05) is 40.5 Å². The van der Waals surface area contributed by atoms with Crippen molar-refractivity contribution in [3.8, 4) is 5.75 Å². The van der Waals surface area contributed by atoms with Gasteiger partial charge in [0, 0.05) is 37.9 Å². The van der Waals surface area contributed by atoms with Crippen molar-refractivity contribution in [1.82, 2.24) is 10.2 Å². The predicted molar refractivity (Wildman–Crippen MR) is 117 cm³/mol. The van der Waals surface area contributed by atoms with Crippen LogP contribution < -0.4 is 10.1 Å². The fourth-order valence-electron chi connectivity index (χ4n) is 3.55. The molecule has 166 valence electrons. The second-order valence-electron chi connectivity index (χ2n) is 7.58. The fourth-order valence-corrected chi connectivity index (χ4v) is 3.55. The molecule has 0 spiro atoms. The SMILES string of the molecule is COC(=O)c1cccc(C(=O)NCc2cccc(OCCN(C)C3CCOCC3)c2)c1. The van der Waals surface area contributed by atoms with Crippen LogP contribution in [0.2, 0.25) is 0 Å². The summed E-state index contributed by atoms with van der Waals surface area (Å²) in [4.78, 5) is 26.4. The Bertz CT molecular complexity index is 880. The summed E-state index contributed by atoms with van der Waals surface area (Å²) in [5.74, 6) is 0.0527. The maximum atomic E-state index is 12.5. The third-order valence-electron chi connectivity index (χ3n) is 5.42. The number of carbonyl (C=O) groups is 2. The lowest BCUT2D eigenvalue weighted by Gasteiger charge is -2.31. The van der Waals surface area contributed by atoms with Gasteiger partial charge in [0.1, 0.15) is 12.4 Å². The van der Waals surface area contributed by atoms with Crippen LogP contribution >= 0.6 is 0 Å². The van der Waals surface area contributed by atoms with Gasteiger partial charge in [-0.2, -0.15) is 0 Å². The molecule has 0 aliphatic carbocycles. The number of hydrogen-bond acceptors (Lipinski definition) is 6. The van der Waals surface area contributed by atoms with Gasteiger partial charge in [-0.15, -0.1) is 0 Å². The minimum absolute atomic E-state index is 0.254. The van der Waals surface area contributed by atoms with E-state index in [0.29, 0.717) is 30.3 Å². The highest BCUT2D eigenvalue weighted by molar-refractivity contribution is 5.97. The molecule has 1 saturated heterocycles. The molecule has 1 amide bonds. The molecule has 1 N–H and O–H groups in total. The van der Waals surface area contributed by atoms with Crippen LogP contribution in [0.15, 0.2) is 48.5 Å². The molecule has 2 aromatic rings. The largest absolute Gasteiger partial charge is 0.492 e. The molecule has 0 bridgehead atoms. The Balaban J connectivity index is 1.48. The molecular formula is C24H30N2O5. The second kappa shape index (κ2) is 11.5. The summed E-state index contributed by atoms with van der Waals surface area (Å²) in [6, 6.07) is 14.7. The maximum Gasteiger partial charge on any atom is 0.337 e. The number of esters is 1. The summed E-state index contributed by atoms with van der Waals surface area (Å²) < 4.78 is 16.0. The van der Waals surface area contributed by atoms with Crippen molar-refractivity contribution in [2.45, 2.75) is 25.4 Å². The van der Waals surface area contributed by atoms with Crippen LogP contribution in [0.5, 0.6) is 5.75 Å². The summed E-state index contributed by atoms with van der Waals surface area (Å²) in [6.07, 6.45) is 2.13. The first-order chi connectivity index (χ1) is 15.1. The van der Waals surface area contributed by atoms with E-state index in [1.165, 1.54) is 13.2 Å². The molecular weight excluding hydrogens is 396 g/mol. The van der Waals surface area contributed by atoms with Crippen molar-refractivity contribution in [1.29, 1.82) is 0 Å². The molecule has 3 rings (SSSR count). The molecule has 0 aromatic heterocycles. The second-order valence-corrected chi connectivity index (χ2v) is 7.58. The smallest absolute Gasteiger partial charge is 0.337 e. The number of nitrogens with one attached hydrogen (secondary N) is 1. The van der Waals surface area contributed by atoms with Crippen LogP contribution in [0, 0.1) is 0 Å². The quantitative estimate of drug-likeness (QED) is 0.622. The number of methoxy groups -OCH3 is 1. The van der Waals surface area contributed by atoms with Gasteiger partial charge < -0.3 is 19.5 Å². The fraction of sp³-hybridized carbons (Fsp3) is 0.417. The molecule has 0 saturated carbocycles. The van der Waals surface area contributed by atoms with Gasteiger partial charge in [-0.25, -0.2) is 4.79 Å². The van der Waals surface area contributed by atoms with Crippen LogP contribution in [-0.4, -0.2) is 63.3 Å². The molecule has 0 unspecified atom stereocenters. The first-order valence-corrected chi connectivity index (χ1v) is 10.5. The van der Waals surface area contributed by atoms with E-state index in [0.717, 1.165) is 43.9 Å². The van der Waals surface area contributed by atoms with Gasteiger partial charge in [0.15, 0.2) is 0 Å². The molecule has 31 heavy (non-hydrogen) atoms. The minimum Gasteiger partial charge on any atom is -0.492 e. The van der Waals surface area contributed by atoms with E-state index >= 15 is 0 Å². The Morgan fingerprint density at radius 3 is 2.61 bits per heavy atom. The molecule has 1 fully saturated rings. The highest BCUT2D eigenvalue weighted by atomic mass is 16.5. The zero-order chi connectivity index (χ0) is 22.1. The van der Waals surface area contributed by atoms with Gasteiger partial charge >= 0.3 is 5.97 Å². The average Bonchev–Trinajstić information content (AvgIpc) is 2.82. The highest BCUT2D eigenvalue weighted by Gasteiger charge is 2.18. The zero-order valence-electron chi connectivity index (χ0n) is 18.1. The molecule has 0 radical (unpaired) electrons. The lowest BCUT2D eigenvalue weighted by atomic mass is 10.1. The van der Waals surface area contributed by atoms with Crippen LogP contribution in [-0.2, 0) is 16.0 Å². The summed E-state index contributed by atoms with van der Waals surface area (Å²) in [5.41, 5.74) is 1.69. The standard InChI is InChI=1S/C24H30N2O5/c1-26(21-9-12-30-13-10-21)11-14-31-22-8-3-5-18(15-22)17-25-23(27)19-6-4-7-20(16-19)24(28)29-2/h3-8,15-16,21H,9-14,17H2,1-2H3,(H,25,27). The molecule has 0 atom stereocenters. The third-order valence-corrected chi connectivity index (χ3v) is 5.42. The van der Waals surface area contributed by atoms with Crippen molar-refractivity contribution < 1.29 is 23.8 Å². The average molecular weight is 427 g/mol. The number of amides is 1. The number of ether oxygens (including phenoxy) is 3. The van der Waals surface area contributed by atoms with Gasteiger partial charge in [-0.1, -0.05) is 18.2 Å². The Morgan fingerprint density at radius 2 is 1.84 bits per heavy atom. The topological polar surface area (TPSA) is 77.1 Å². The van der Waals surface area contributed by atoms with E-state index in [-0.39, 0.29) is 5.91 Å². The van der Waals surface area contributed by atoms with E-state index in [2.05, 4.69) is 17.3 Å². The Kier molecular flexibility index (Phi) is 8.44. The van der Waals surface area contributed by atoms with Crippen molar-refractivity contribution >= 4 is 11.9 Å². The van der Waals surface area contributed by atoms with E-state index in [4.69, 9.17) is 14.2 Å². The predicted octanol–water partition coefficient (Wildman–Crippen LogP) is 2.89. The first-order valence-electron chi connectivity index (χ1n) is 10.5. The van der Waals surface area contributed by atoms with Gasteiger partial charge in [0.05, 0.1) is 12.7 Å². The Labute approximate surface area is 183 Å².